The summed E-state index contributed by atoms with van der Waals surface area (Å²) < 4.78 is 25.1. The lowest BCUT2D eigenvalue weighted by Gasteiger charge is -2.13. The van der Waals surface area contributed by atoms with Crippen molar-refractivity contribution in [2.45, 2.75) is 0 Å². The molecule has 5 nitrogen and oxygen atoms in total. The lowest BCUT2D eigenvalue weighted by atomic mass is 10.2. The van der Waals surface area contributed by atoms with Crippen LogP contribution in [0.15, 0.2) is 22.7 Å². The Hall–Kier alpha value is -1.10. The minimum Gasteiger partial charge on any atom is -0.383 e. The molecule has 1 N–H and O–H groups in total. The molecule has 0 saturated carbocycles. The topological polar surface area (TPSA) is 73.2 Å². The highest BCUT2D eigenvalue weighted by Crippen LogP contribution is 2.20. The minimum atomic E-state index is -3.22. The summed E-state index contributed by atoms with van der Waals surface area (Å²) in [6.45, 7) is 0.256. The van der Waals surface area contributed by atoms with Gasteiger partial charge in [0.05, 0.1) is 17.0 Å². The Labute approximate surface area is 116 Å². The molecule has 0 bridgehead atoms. The van der Waals surface area contributed by atoms with Crippen LogP contribution < -0.4 is 5.32 Å². The van der Waals surface area contributed by atoms with Crippen LogP contribution in [0.5, 0.6) is 0 Å². The van der Waals surface area contributed by atoms with E-state index in [1.54, 1.807) is 18.2 Å². The van der Waals surface area contributed by atoms with Crippen molar-refractivity contribution in [3.05, 3.63) is 28.2 Å². The van der Waals surface area contributed by atoms with E-state index < -0.39 is 10.0 Å². The van der Waals surface area contributed by atoms with Gasteiger partial charge in [0.25, 0.3) is 0 Å². The zero-order valence-corrected chi connectivity index (χ0v) is 12.5. The molecule has 0 aromatic heterocycles. The highest BCUT2D eigenvalue weighted by atomic mass is 79.9. The van der Waals surface area contributed by atoms with Crippen LogP contribution in [0.25, 0.3) is 0 Å². The fourth-order valence-corrected chi connectivity index (χ4v) is 2.34. The van der Waals surface area contributed by atoms with E-state index in [0.717, 1.165) is 4.47 Å². The zero-order valence-electron chi connectivity index (χ0n) is 10.1. The molecule has 0 amide bonds. The van der Waals surface area contributed by atoms with Crippen molar-refractivity contribution in [2.75, 3.05) is 31.7 Å². The maximum Gasteiger partial charge on any atom is 0.215 e. The molecular weight excluding hydrogens is 318 g/mol. The summed E-state index contributed by atoms with van der Waals surface area (Å²) >= 11 is 3.30. The van der Waals surface area contributed by atoms with Gasteiger partial charge in [-0.3, -0.25) is 0 Å². The number of nitrogens with zero attached hydrogens (tertiary/aromatic N) is 2. The number of hydrogen-bond acceptors (Lipinski definition) is 4. The number of hydrogen-bond donors (Lipinski definition) is 1. The second-order valence-corrected chi connectivity index (χ2v) is 7.04. The van der Waals surface area contributed by atoms with E-state index in [9.17, 15) is 8.42 Å². The predicted molar refractivity (Wildman–Crippen MR) is 74.8 cm³/mol. The number of halogens is 1. The molecule has 0 spiro atoms. The molecule has 0 saturated heterocycles. The molecule has 0 atom stereocenters. The van der Waals surface area contributed by atoms with Crippen molar-refractivity contribution in [1.29, 1.82) is 5.26 Å². The van der Waals surface area contributed by atoms with Gasteiger partial charge in [0, 0.05) is 25.1 Å². The van der Waals surface area contributed by atoms with E-state index in [0.29, 0.717) is 11.3 Å². The number of benzene rings is 1. The molecule has 7 heteroatoms. The summed E-state index contributed by atoms with van der Waals surface area (Å²) in [5.41, 5.74) is 1.11. The fraction of sp³-hybridized carbons (Fsp3) is 0.364. The molecule has 0 aliphatic carbocycles. The van der Waals surface area contributed by atoms with E-state index in [1.807, 2.05) is 6.07 Å². The van der Waals surface area contributed by atoms with Crippen LogP contribution in [0.4, 0.5) is 5.69 Å². The first-order valence-corrected chi connectivity index (χ1v) is 7.61. The molecule has 1 aromatic carbocycles. The first kappa shape index (κ1) is 15.0. The quantitative estimate of drug-likeness (QED) is 0.889. The van der Waals surface area contributed by atoms with E-state index in [-0.39, 0.29) is 12.3 Å². The third-order valence-electron chi connectivity index (χ3n) is 2.33. The molecule has 18 heavy (non-hydrogen) atoms. The van der Waals surface area contributed by atoms with Gasteiger partial charge in [0.2, 0.25) is 10.0 Å². The smallest absolute Gasteiger partial charge is 0.215 e. The Balaban J connectivity index is 2.71. The molecule has 0 heterocycles. The standard InChI is InChI=1S/C11H14BrN3O2S/c1-15(2)18(16,17)6-5-14-11-7-10(12)4-3-9(11)8-13/h3-4,7,14H,5-6H2,1-2H3. The van der Waals surface area contributed by atoms with Crippen LogP contribution in [-0.4, -0.2) is 39.1 Å². The van der Waals surface area contributed by atoms with Gasteiger partial charge in [0.1, 0.15) is 6.07 Å². The van der Waals surface area contributed by atoms with Gasteiger partial charge in [-0.25, -0.2) is 12.7 Å². The molecule has 1 rings (SSSR count). The number of anilines is 1. The normalized spacial score (nSPS) is 11.3. The maximum atomic E-state index is 11.6. The van der Waals surface area contributed by atoms with Crippen LogP contribution in [0, 0.1) is 11.3 Å². The van der Waals surface area contributed by atoms with Crippen LogP contribution in [0.2, 0.25) is 0 Å². The molecule has 0 aliphatic rings. The third-order valence-corrected chi connectivity index (χ3v) is 4.66. The zero-order chi connectivity index (χ0) is 13.8. The molecular formula is C11H14BrN3O2S. The first-order chi connectivity index (χ1) is 8.36. The highest BCUT2D eigenvalue weighted by Gasteiger charge is 2.13. The number of sulfonamides is 1. The summed E-state index contributed by atoms with van der Waals surface area (Å²) in [6, 6.07) is 7.24. The molecule has 0 aliphatic heterocycles. The van der Waals surface area contributed by atoms with Gasteiger partial charge >= 0.3 is 0 Å². The number of rotatable bonds is 5. The Morgan fingerprint density at radius 2 is 2.11 bits per heavy atom. The third kappa shape index (κ3) is 3.98. The van der Waals surface area contributed by atoms with Crippen molar-refractivity contribution < 1.29 is 8.42 Å². The lowest BCUT2D eigenvalue weighted by molar-refractivity contribution is 0.521. The molecule has 0 radical (unpaired) electrons. The summed E-state index contributed by atoms with van der Waals surface area (Å²) in [5.74, 6) is -0.0165. The van der Waals surface area contributed by atoms with Gasteiger partial charge in [-0.15, -0.1) is 0 Å². The summed E-state index contributed by atoms with van der Waals surface area (Å²) in [7, 11) is -0.231. The van der Waals surface area contributed by atoms with Crippen LogP contribution in [0.1, 0.15) is 5.56 Å². The van der Waals surface area contributed by atoms with E-state index in [2.05, 4.69) is 21.2 Å². The van der Waals surface area contributed by atoms with Crippen LogP contribution in [0.3, 0.4) is 0 Å². The Morgan fingerprint density at radius 1 is 1.44 bits per heavy atom. The van der Waals surface area contributed by atoms with Gasteiger partial charge in [-0.1, -0.05) is 15.9 Å². The van der Waals surface area contributed by atoms with Crippen molar-refractivity contribution in [2.24, 2.45) is 0 Å². The summed E-state index contributed by atoms with van der Waals surface area (Å²) in [6.07, 6.45) is 0. The van der Waals surface area contributed by atoms with E-state index in [4.69, 9.17) is 5.26 Å². The SMILES string of the molecule is CN(C)S(=O)(=O)CCNc1cc(Br)ccc1C#N. The fourth-order valence-electron chi connectivity index (χ4n) is 1.26. The van der Waals surface area contributed by atoms with Gasteiger partial charge in [-0.05, 0) is 18.2 Å². The highest BCUT2D eigenvalue weighted by molar-refractivity contribution is 9.10. The summed E-state index contributed by atoms with van der Waals surface area (Å²) in [5, 5.41) is 11.9. The molecule has 0 unspecified atom stereocenters. The Morgan fingerprint density at radius 3 is 2.67 bits per heavy atom. The Kier molecular flexibility index (Phi) is 5.14. The van der Waals surface area contributed by atoms with Crippen molar-refractivity contribution in [3.63, 3.8) is 0 Å². The van der Waals surface area contributed by atoms with Crippen LogP contribution in [-0.2, 0) is 10.0 Å². The lowest BCUT2D eigenvalue weighted by Crippen LogP contribution is -2.28. The van der Waals surface area contributed by atoms with Crippen molar-refractivity contribution in [3.8, 4) is 6.07 Å². The molecule has 0 fully saturated rings. The average Bonchev–Trinajstić information content (AvgIpc) is 2.29. The van der Waals surface area contributed by atoms with Crippen LogP contribution >= 0.6 is 15.9 Å². The molecule has 98 valence electrons. The monoisotopic (exact) mass is 331 g/mol. The van der Waals surface area contributed by atoms with Gasteiger partial charge in [-0.2, -0.15) is 5.26 Å². The second kappa shape index (κ2) is 6.18. The van der Waals surface area contributed by atoms with Crippen molar-refractivity contribution >= 4 is 31.6 Å². The minimum absolute atomic E-state index is 0.0165. The average molecular weight is 332 g/mol. The van der Waals surface area contributed by atoms with Crippen molar-refractivity contribution in [1.82, 2.24) is 4.31 Å². The first-order valence-electron chi connectivity index (χ1n) is 5.20. The summed E-state index contributed by atoms with van der Waals surface area (Å²) in [4.78, 5) is 0. The maximum absolute atomic E-state index is 11.6. The van der Waals surface area contributed by atoms with Gasteiger partial charge in [0.15, 0.2) is 0 Å². The predicted octanol–water partition coefficient (Wildman–Crippen LogP) is 1.62. The Bertz CT molecular complexity index is 564. The largest absolute Gasteiger partial charge is 0.383 e. The number of nitriles is 1. The van der Waals surface area contributed by atoms with E-state index in [1.165, 1.54) is 18.4 Å². The van der Waals surface area contributed by atoms with Gasteiger partial charge < -0.3 is 5.32 Å². The van der Waals surface area contributed by atoms with E-state index >= 15 is 0 Å². The second-order valence-electron chi connectivity index (χ2n) is 3.83. The molecule has 1 aromatic rings. The number of nitrogens with one attached hydrogen (secondary N) is 1.